The number of nitriles is 1. The van der Waals surface area contributed by atoms with Crippen LogP contribution in [-0.4, -0.2) is 20.8 Å². The van der Waals surface area contributed by atoms with Crippen LogP contribution >= 0.6 is 0 Å². The van der Waals surface area contributed by atoms with Crippen molar-refractivity contribution in [2.24, 2.45) is 5.92 Å². The number of para-hydroxylation sites is 2. The van der Waals surface area contributed by atoms with Crippen molar-refractivity contribution in [1.82, 2.24) is 9.97 Å². The lowest BCUT2D eigenvalue weighted by molar-refractivity contribution is -0.383. The quantitative estimate of drug-likeness (QED) is 0.316. The van der Waals surface area contributed by atoms with Crippen molar-refractivity contribution in [1.29, 1.82) is 5.26 Å². The normalized spacial score (nSPS) is 10.3. The van der Waals surface area contributed by atoms with Crippen LogP contribution in [0.3, 0.4) is 0 Å². The highest BCUT2D eigenvalue weighted by Crippen LogP contribution is 2.23. The van der Waals surface area contributed by atoms with Gasteiger partial charge in [0, 0.05) is 23.9 Å². The third-order valence-electron chi connectivity index (χ3n) is 3.60. The summed E-state index contributed by atoms with van der Waals surface area (Å²) in [5.74, 6) is 0.220. The Bertz CT molecular complexity index is 876. The number of anilines is 2. The molecule has 1 aromatic heterocycles. The fourth-order valence-electron chi connectivity index (χ4n) is 2.50. The minimum absolute atomic E-state index is 0.0934. The number of aryl methyl sites for hydroxylation is 1. The van der Waals surface area contributed by atoms with E-state index in [1.165, 1.54) is 18.2 Å². The summed E-state index contributed by atoms with van der Waals surface area (Å²) < 4.78 is 0. The fourth-order valence-corrected chi connectivity index (χ4v) is 2.50. The van der Waals surface area contributed by atoms with Gasteiger partial charge in [-0.1, -0.05) is 26.0 Å². The Morgan fingerprint density at radius 2 is 2.00 bits per heavy atom. The molecule has 9 heteroatoms. The number of carbonyl (C=O) groups is 1. The molecule has 1 amide bonds. The topological polar surface area (TPSA) is 134 Å². The second-order valence-corrected chi connectivity index (χ2v) is 6.33. The molecule has 0 bridgehead atoms. The van der Waals surface area contributed by atoms with Gasteiger partial charge in [0.05, 0.1) is 4.92 Å². The second-order valence-electron chi connectivity index (χ2n) is 6.33. The van der Waals surface area contributed by atoms with E-state index in [4.69, 9.17) is 5.26 Å². The maximum absolute atomic E-state index is 12.2. The Labute approximate surface area is 156 Å². The van der Waals surface area contributed by atoms with Crippen molar-refractivity contribution in [2.45, 2.75) is 33.1 Å². The van der Waals surface area contributed by atoms with E-state index in [-0.39, 0.29) is 29.7 Å². The van der Waals surface area contributed by atoms with E-state index in [2.05, 4.69) is 34.4 Å². The molecule has 0 saturated carbocycles. The van der Waals surface area contributed by atoms with E-state index >= 15 is 0 Å². The first kappa shape index (κ1) is 19.8. The number of nitrogens with one attached hydrogen (secondary N) is 2. The third-order valence-corrected chi connectivity index (χ3v) is 3.60. The number of nitrogens with zero attached hydrogens (tertiary/aromatic N) is 4. The first-order valence-corrected chi connectivity index (χ1v) is 8.44. The van der Waals surface area contributed by atoms with Crippen LogP contribution in [0.2, 0.25) is 0 Å². The van der Waals surface area contributed by atoms with Gasteiger partial charge in [-0.3, -0.25) is 20.2 Å². The first-order valence-electron chi connectivity index (χ1n) is 8.44. The van der Waals surface area contributed by atoms with Crippen molar-refractivity contribution in [3.63, 3.8) is 0 Å². The number of amides is 1. The molecule has 140 valence electrons. The highest BCUT2D eigenvalue weighted by molar-refractivity contribution is 5.93. The maximum Gasteiger partial charge on any atom is 0.292 e. The summed E-state index contributed by atoms with van der Waals surface area (Å²) in [6.07, 6.45) is 2.92. The zero-order valence-electron chi connectivity index (χ0n) is 15.1. The van der Waals surface area contributed by atoms with Gasteiger partial charge in [-0.25, -0.2) is 9.97 Å². The molecule has 27 heavy (non-hydrogen) atoms. The summed E-state index contributed by atoms with van der Waals surface area (Å²) >= 11 is 0. The van der Waals surface area contributed by atoms with Crippen molar-refractivity contribution in [3.8, 4) is 6.19 Å². The average molecular weight is 368 g/mol. The predicted octanol–water partition coefficient (Wildman–Crippen LogP) is 3.05. The summed E-state index contributed by atoms with van der Waals surface area (Å²) in [7, 11) is 0. The summed E-state index contributed by atoms with van der Waals surface area (Å²) in [5, 5.41) is 24.8. The number of nitro groups is 1. The van der Waals surface area contributed by atoms with Crippen LogP contribution in [0.25, 0.3) is 0 Å². The number of rotatable bonds is 8. The molecule has 0 spiro atoms. The van der Waals surface area contributed by atoms with Crippen LogP contribution in [0.5, 0.6) is 0 Å². The van der Waals surface area contributed by atoms with Crippen LogP contribution in [0, 0.1) is 27.5 Å². The predicted molar refractivity (Wildman–Crippen MR) is 99.9 cm³/mol. The molecule has 0 fully saturated rings. The lowest BCUT2D eigenvalue weighted by atomic mass is 10.1. The van der Waals surface area contributed by atoms with E-state index in [9.17, 15) is 14.9 Å². The molecule has 0 aliphatic carbocycles. The van der Waals surface area contributed by atoms with Gasteiger partial charge in [-0.05, 0) is 30.9 Å². The minimum Gasteiger partial charge on any atom is -0.320 e. The number of carbonyl (C=O) groups excluding carboxylic acids is 1. The van der Waals surface area contributed by atoms with Gasteiger partial charge >= 0.3 is 0 Å². The van der Waals surface area contributed by atoms with Crippen molar-refractivity contribution in [2.75, 3.05) is 10.6 Å². The minimum atomic E-state index is -0.544. The molecule has 0 aliphatic heterocycles. The summed E-state index contributed by atoms with van der Waals surface area (Å²) in [6.45, 7) is 4.11. The van der Waals surface area contributed by atoms with Crippen LogP contribution in [-0.2, 0) is 17.6 Å². The van der Waals surface area contributed by atoms with Gasteiger partial charge in [0.1, 0.15) is 5.69 Å². The zero-order valence-corrected chi connectivity index (χ0v) is 15.1. The highest BCUT2D eigenvalue weighted by atomic mass is 16.6. The van der Waals surface area contributed by atoms with E-state index in [1.54, 1.807) is 18.3 Å². The number of benzene rings is 1. The molecule has 2 rings (SSSR count). The van der Waals surface area contributed by atoms with Gasteiger partial charge in [-0.15, -0.1) is 0 Å². The van der Waals surface area contributed by atoms with Crippen molar-refractivity contribution in [3.05, 3.63) is 51.8 Å². The Morgan fingerprint density at radius 3 is 2.67 bits per heavy atom. The molecule has 1 aromatic carbocycles. The molecule has 0 radical (unpaired) electrons. The van der Waals surface area contributed by atoms with E-state index in [0.29, 0.717) is 18.0 Å². The molecular formula is C18H20N6O3. The Hall–Kier alpha value is -3.54. The molecule has 0 unspecified atom stereocenters. The number of hydrogen-bond acceptors (Lipinski definition) is 7. The van der Waals surface area contributed by atoms with Gasteiger partial charge in [0.25, 0.3) is 5.69 Å². The molecule has 0 saturated heterocycles. The van der Waals surface area contributed by atoms with Crippen LogP contribution in [0.4, 0.5) is 17.3 Å². The second kappa shape index (κ2) is 9.24. The standard InChI is InChI=1S/C18H20N6O3/c1-12(2)9-14-10-13(21-18(22-14)20-11-19)7-8-17(25)23-15-5-3-4-6-16(15)24(26)27/h3-6,10,12H,7-9H2,1-2H3,(H,23,25)(H,20,21,22). The molecule has 0 aliphatic rings. The van der Waals surface area contributed by atoms with Gasteiger partial charge in [0.2, 0.25) is 11.9 Å². The number of aromatic nitrogens is 2. The number of nitro benzene ring substituents is 1. The smallest absolute Gasteiger partial charge is 0.292 e. The maximum atomic E-state index is 12.2. The van der Waals surface area contributed by atoms with Crippen LogP contribution in [0.15, 0.2) is 30.3 Å². The molecule has 2 N–H and O–H groups in total. The average Bonchev–Trinajstić information content (AvgIpc) is 2.60. The van der Waals surface area contributed by atoms with Crippen LogP contribution < -0.4 is 10.6 Å². The van der Waals surface area contributed by atoms with E-state index < -0.39 is 4.92 Å². The van der Waals surface area contributed by atoms with Gasteiger partial charge < -0.3 is 5.32 Å². The molecule has 1 heterocycles. The SMILES string of the molecule is CC(C)Cc1cc(CCC(=O)Nc2ccccc2[N+](=O)[O-])nc(NC#N)n1. The van der Waals surface area contributed by atoms with E-state index in [0.717, 1.165) is 12.1 Å². The fraction of sp³-hybridized carbons (Fsp3) is 0.333. The van der Waals surface area contributed by atoms with Crippen LogP contribution in [0.1, 0.15) is 31.7 Å². The van der Waals surface area contributed by atoms with Gasteiger partial charge in [-0.2, -0.15) is 5.26 Å². The summed E-state index contributed by atoms with van der Waals surface area (Å²) in [5.41, 5.74) is 1.40. The van der Waals surface area contributed by atoms with Crippen molar-refractivity contribution >= 4 is 23.2 Å². The summed E-state index contributed by atoms with van der Waals surface area (Å²) in [6, 6.07) is 7.77. The Balaban J connectivity index is 2.07. The summed E-state index contributed by atoms with van der Waals surface area (Å²) in [4.78, 5) is 31.1. The zero-order chi connectivity index (χ0) is 19.8. The van der Waals surface area contributed by atoms with E-state index in [1.807, 2.05) is 0 Å². The molecular weight excluding hydrogens is 348 g/mol. The Morgan fingerprint density at radius 1 is 1.30 bits per heavy atom. The third kappa shape index (κ3) is 6.04. The number of hydrogen-bond donors (Lipinski definition) is 2. The van der Waals surface area contributed by atoms with Gasteiger partial charge in [0.15, 0.2) is 6.19 Å². The lowest BCUT2D eigenvalue weighted by Crippen LogP contribution is -2.14. The Kier molecular flexibility index (Phi) is 6.77. The monoisotopic (exact) mass is 368 g/mol. The molecule has 2 aromatic rings. The highest BCUT2D eigenvalue weighted by Gasteiger charge is 2.15. The van der Waals surface area contributed by atoms with Crippen molar-refractivity contribution < 1.29 is 9.72 Å². The molecule has 0 atom stereocenters. The largest absolute Gasteiger partial charge is 0.320 e. The lowest BCUT2D eigenvalue weighted by Gasteiger charge is -2.09. The first-order chi connectivity index (χ1) is 12.9. The molecule has 9 nitrogen and oxygen atoms in total.